The molecule has 0 bridgehead atoms. The van der Waals surface area contributed by atoms with Gasteiger partial charge in [0, 0.05) is 13.1 Å². The van der Waals surface area contributed by atoms with E-state index in [9.17, 15) is 4.79 Å². The predicted molar refractivity (Wildman–Crippen MR) is 72.6 cm³/mol. The zero-order valence-electron chi connectivity index (χ0n) is 11.6. The van der Waals surface area contributed by atoms with Crippen molar-refractivity contribution >= 4 is 5.91 Å². The van der Waals surface area contributed by atoms with E-state index in [1.165, 1.54) is 0 Å². The number of methoxy groups -OCH3 is 1. The molecule has 0 radical (unpaired) electrons. The third kappa shape index (κ3) is 4.04. The Labute approximate surface area is 109 Å². The average molecular weight is 250 g/mol. The van der Waals surface area contributed by atoms with Gasteiger partial charge < -0.3 is 10.1 Å². The lowest BCUT2D eigenvalue weighted by atomic mass is 10.1. The minimum Gasteiger partial charge on any atom is -0.497 e. The largest absolute Gasteiger partial charge is 0.497 e. The van der Waals surface area contributed by atoms with Gasteiger partial charge in [0.1, 0.15) is 5.75 Å². The molecule has 1 atom stereocenters. The Kier molecular flexibility index (Phi) is 5.65. The molecule has 0 saturated carbocycles. The standard InChI is InChI=1S/C14H22N2O2/c1-5-15-14(17)11(2)16(3)10-12-7-6-8-13(9-12)18-4/h6-9,11H,5,10H2,1-4H3,(H,15,17)/t11-/m1/s1. The van der Waals surface area contributed by atoms with E-state index in [2.05, 4.69) is 5.32 Å². The van der Waals surface area contributed by atoms with Crippen LogP contribution in [0.3, 0.4) is 0 Å². The van der Waals surface area contributed by atoms with E-state index in [4.69, 9.17) is 4.74 Å². The zero-order valence-corrected chi connectivity index (χ0v) is 11.6. The molecule has 0 aliphatic heterocycles. The number of amides is 1. The summed E-state index contributed by atoms with van der Waals surface area (Å²) in [7, 11) is 3.60. The number of likely N-dealkylation sites (N-methyl/N-ethyl adjacent to an activating group) is 2. The second-order valence-corrected chi connectivity index (χ2v) is 4.34. The Balaban J connectivity index is 2.62. The molecule has 4 heteroatoms. The summed E-state index contributed by atoms with van der Waals surface area (Å²) in [6.07, 6.45) is 0. The summed E-state index contributed by atoms with van der Waals surface area (Å²) in [5.74, 6) is 0.898. The second kappa shape index (κ2) is 7.01. The molecule has 0 aliphatic carbocycles. The van der Waals surface area contributed by atoms with E-state index in [0.717, 1.165) is 17.9 Å². The highest BCUT2D eigenvalue weighted by Gasteiger charge is 2.17. The molecule has 1 aromatic carbocycles. The molecular weight excluding hydrogens is 228 g/mol. The Hall–Kier alpha value is -1.55. The maximum absolute atomic E-state index is 11.7. The number of nitrogens with zero attached hydrogens (tertiary/aromatic N) is 1. The van der Waals surface area contributed by atoms with Crippen LogP contribution in [0.2, 0.25) is 0 Å². The Bertz CT molecular complexity index is 393. The van der Waals surface area contributed by atoms with E-state index >= 15 is 0 Å². The topological polar surface area (TPSA) is 41.6 Å². The molecule has 0 aliphatic rings. The van der Waals surface area contributed by atoms with E-state index in [0.29, 0.717) is 6.54 Å². The molecule has 0 saturated heterocycles. The van der Waals surface area contributed by atoms with Crippen LogP contribution >= 0.6 is 0 Å². The van der Waals surface area contributed by atoms with Gasteiger partial charge in [-0.25, -0.2) is 0 Å². The van der Waals surface area contributed by atoms with Crippen LogP contribution in [-0.2, 0) is 11.3 Å². The van der Waals surface area contributed by atoms with Crippen LogP contribution in [0.4, 0.5) is 0 Å². The summed E-state index contributed by atoms with van der Waals surface area (Å²) < 4.78 is 5.19. The summed E-state index contributed by atoms with van der Waals surface area (Å²) in [6.45, 7) is 5.21. The lowest BCUT2D eigenvalue weighted by molar-refractivity contribution is -0.125. The predicted octanol–water partition coefficient (Wildman–Crippen LogP) is 1.65. The molecular formula is C14H22N2O2. The van der Waals surface area contributed by atoms with Gasteiger partial charge in [0.2, 0.25) is 5.91 Å². The first-order valence-corrected chi connectivity index (χ1v) is 6.19. The van der Waals surface area contributed by atoms with Gasteiger partial charge in [0.05, 0.1) is 13.2 Å². The lowest BCUT2D eigenvalue weighted by Crippen LogP contribution is -2.42. The first-order valence-electron chi connectivity index (χ1n) is 6.19. The van der Waals surface area contributed by atoms with Crippen LogP contribution in [0, 0.1) is 0 Å². The van der Waals surface area contributed by atoms with Gasteiger partial charge in [0.15, 0.2) is 0 Å². The van der Waals surface area contributed by atoms with Gasteiger partial charge in [0.25, 0.3) is 0 Å². The number of hydrogen-bond acceptors (Lipinski definition) is 3. The van der Waals surface area contributed by atoms with Crippen molar-refractivity contribution in [1.82, 2.24) is 10.2 Å². The van der Waals surface area contributed by atoms with Gasteiger partial charge in [-0.2, -0.15) is 0 Å². The van der Waals surface area contributed by atoms with Crippen molar-refractivity contribution in [2.24, 2.45) is 0 Å². The van der Waals surface area contributed by atoms with Crippen molar-refractivity contribution in [2.75, 3.05) is 20.7 Å². The SMILES string of the molecule is CCNC(=O)[C@@H](C)N(C)Cc1cccc(OC)c1. The molecule has 1 amide bonds. The maximum Gasteiger partial charge on any atom is 0.237 e. The number of benzene rings is 1. The first kappa shape index (κ1) is 14.5. The fourth-order valence-electron chi connectivity index (χ4n) is 1.72. The molecule has 1 aromatic rings. The summed E-state index contributed by atoms with van der Waals surface area (Å²) in [6, 6.07) is 7.75. The molecule has 0 fully saturated rings. The molecule has 0 unspecified atom stereocenters. The third-order valence-corrected chi connectivity index (χ3v) is 2.96. The third-order valence-electron chi connectivity index (χ3n) is 2.96. The van der Waals surface area contributed by atoms with Crippen LogP contribution in [-0.4, -0.2) is 37.6 Å². The van der Waals surface area contributed by atoms with Gasteiger partial charge in [-0.3, -0.25) is 9.69 Å². The molecule has 100 valence electrons. The quantitative estimate of drug-likeness (QED) is 0.834. The van der Waals surface area contributed by atoms with Gasteiger partial charge in [-0.1, -0.05) is 12.1 Å². The highest BCUT2D eigenvalue weighted by atomic mass is 16.5. The number of rotatable bonds is 6. The highest BCUT2D eigenvalue weighted by molar-refractivity contribution is 5.81. The Morgan fingerprint density at radius 1 is 1.50 bits per heavy atom. The van der Waals surface area contributed by atoms with E-state index < -0.39 is 0 Å². The van der Waals surface area contributed by atoms with Gasteiger partial charge in [-0.15, -0.1) is 0 Å². The summed E-state index contributed by atoms with van der Waals surface area (Å²) >= 11 is 0. The lowest BCUT2D eigenvalue weighted by Gasteiger charge is -2.23. The van der Waals surface area contributed by atoms with Crippen molar-refractivity contribution in [1.29, 1.82) is 0 Å². The van der Waals surface area contributed by atoms with Crippen LogP contribution in [0.1, 0.15) is 19.4 Å². The van der Waals surface area contributed by atoms with E-state index in [1.54, 1.807) is 7.11 Å². The van der Waals surface area contributed by atoms with Crippen LogP contribution in [0.25, 0.3) is 0 Å². The van der Waals surface area contributed by atoms with Crippen LogP contribution < -0.4 is 10.1 Å². The molecule has 1 rings (SSSR count). The van der Waals surface area contributed by atoms with Crippen molar-refractivity contribution in [2.45, 2.75) is 26.4 Å². The molecule has 0 heterocycles. The highest BCUT2D eigenvalue weighted by Crippen LogP contribution is 2.14. The van der Waals surface area contributed by atoms with Crippen LogP contribution in [0.15, 0.2) is 24.3 Å². The van der Waals surface area contributed by atoms with E-state index in [-0.39, 0.29) is 11.9 Å². The first-order chi connectivity index (χ1) is 8.58. The molecule has 4 nitrogen and oxygen atoms in total. The molecule has 18 heavy (non-hydrogen) atoms. The zero-order chi connectivity index (χ0) is 13.5. The van der Waals surface area contributed by atoms with Crippen molar-refractivity contribution in [3.63, 3.8) is 0 Å². The number of ether oxygens (including phenoxy) is 1. The summed E-state index contributed by atoms with van der Waals surface area (Å²) in [5, 5.41) is 2.83. The molecule has 1 N–H and O–H groups in total. The van der Waals surface area contributed by atoms with Crippen molar-refractivity contribution in [3.8, 4) is 5.75 Å². The number of hydrogen-bond donors (Lipinski definition) is 1. The second-order valence-electron chi connectivity index (χ2n) is 4.34. The molecule has 0 spiro atoms. The fourth-order valence-corrected chi connectivity index (χ4v) is 1.72. The normalized spacial score (nSPS) is 12.3. The van der Waals surface area contributed by atoms with Crippen molar-refractivity contribution in [3.05, 3.63) is 29.8 Å². The number of carbonyl (C=O) groups is 1. The molecule has 0 aromatic heterocycles. The average Bonchev–Trinajstić information content (AvgIpc) is 2.38. The van der Waals surface area contributed by atoms with Crippen LogP contribution in [0.5, 0.6) is 5.75 Å². The minimum absolute atomic E-state index is 0.0582. The smallest absolute Gasteiger partial charge is 0.237 e. The van der Waals surface area contributed by atoms with E-state index in [1.807, 2.05) is 50.1 Å². The van der Waals surface area contributed by atoms with Crippen molar-refractivity contribution < 1.29 is 9.53 Å². The summed E-state index contributed by atoms with van der Waals surface area (Å²) in [5.41, 5.74) is 1.13. The van der Waals surface area contributed by atoms with Gasteiger partial charge in [-0.05, 0) is 38.6 Å². The maximum atomic E-state index is 11.7. The number of carbonyl (C=O) groups excluding carboxylic acids is 1. The Morgan fingerprint density at radius 2 is 2.22 bits per heavy atom. The van der Waals surface area contributed by atoms with Gasteiger partial charge >= 0.3 is 0 Å². The minimum atomic E-state index is -0.142. The Morgan fingerprint density at radius 3 is 2.83 bits per heavy atom. The fraction of sp³-hybridized carbons (Fsp3) is 0.500. The number of nitrogens with one attached hydrogen (secondary N) is 1. The summed E-state index contributed by atoms with van der Waals surface area (Å²) in [4.78, 5) is 13.7. The monoisotopic (exact) mass is 250 g/mol.